The molecule has 79 heavy (non-hydrogen) atoms. The average Bonchev–Trinajstić information content (AvgIpc) is 3.46. The summed E-state index contributed by atoms with van der Waals surface area (Å²) in [5, 5.41) is 31.5. The van der Waals surface area contributed by atoms with Crippen LogP contribution in [0.15, 0.2) is 85.1 Å². The summed E-state index contributed by atoms with van der Waals surface area (Å²) in [6, 6.07) is 0. The van der Waals surface area contributed by atoms with Crippen molar-refractivity contribution in [3.63, 3.8) is 0 Å². The first kappa shape index (κ1) is 72.9. The molecule has 1 saturated heterocycles. The van der Waals surface area contributed by atoms with Crippen LogP contribution < -0.4 is 0 Å². The molecule has 1 fully saturated rings. The summed E-state index contributed by atoms with van der Waals surface area (Å²) in [6.45, 7) is 5.90. The highest BCUT2D eigenvalue weighted by atomic mass is 16.7. The number of aliphatic hydroxyl groups excluding tert-OH is 2. The van der Waals surface area contributed by atoms with Gasteiger partial charge in [0, 0.05) is 19.3 Å². The molecule has 12 nitrogen and oxygen atoms in total. The molecule has 1 heterocycles. The number of carbonyl (C=O) groups is 4. The van der Waals surface area contributed by atoms with Gasteiger partial charge in [0.05, 0.1) is 6.61 Å². The third kappa shape index (κ3) is 44.3. The van der Waals surface area contributed by atoms with Crippen LogP contribution in [0.2, 0.25) is 0 Å². The molecule has 0 amide bonds. The number of carbonyl (C=O) groups excluding carboxylic acids is 3. The third-order valence-corrected chi connectivity index (χ3v) is 13.9. The number of aliphatic hydroxyl groups is 2. The zero-order chi connectivity index (χ0) is 57.5. The highest BCUT2D eigenvalue weighted by Crippen LogP contribution is 2.26. The first-order valence-corrected chi connectivity index (χ1v) is 31.6. The van der Waals surface area contributed by atoms with Crippen molar-refractivity contribution in [2.45, 2.75) is 302 Å². The van der Waals surface area contributed by atoms with Crippen LogP contribution in [0.5, 0.6) is 0 Å². The van der Waals surface area contributed by atoms with E-state index in [0.717, 1.165) is 141 Å². The van der Waals surface area contributed by atoms with Gasteiger partial charge in [-0.25, -0.2) is 4.79 Å². The van der Waals surface area contributed by atoms with Gasteiger partial charge in [-0.3, -0.25) is 14.4 Å². The summed E-state index contributed by atoms with van der Waals surface area (Å²) in [5.74, 6) is -3.17. The quantitative estimate of drug-likeness (QED) is 0.0228. The van der Waals surface area contributed by atoms with Gasteiger partial charge in [-0.2, -0.15) is 0 Å². The van der Waals surface area contributed by atoms with Gasteiger partial charge in [0.2, 0.25) is 0 Å². The maximum Gasteiger partial charge on any atom is 0.335 e. The van der Waals surface area contributed by atoms with Gasteiger partial charge in [-0.05, 0) is 122 Å². The minimum Gasteiger partial charge on any atom is -0.479 e. The molecule has 1 aliphatic rings. The van der Waals surface area contributed by atoms with E-state index in [9.17, 15) is 34.5 Å². The van der Waals surface area contributed by atoms with E-state index in [2.05, 4.69) is 106 Å². The monoisotopic (exact) mass is 1110 g/mol. The lowest BCUT2D eigenvalue weighted by Crippen LogP contribution is -2.61. The van der Waals surface area contributed by atoms with Crippen molar-refractivity contribution in [2.75, 3.05) is 13.2 Å². The Hall–Kier alpha value is -4.10. The summed E-state index contributed by atoms with van der Waals surface area (Å²) in [4.78, 5) is 51.3. The van der Waals surface area contributed by atoms with E-state index in [4.69, 9.17) is 23.7 Å². The molecule has 1 aliphatic heterocycles. The first-order valence-electron chi connectivity index (χ1n) is 31.6. The molecule has 3 N–H and O–H groups in total. The van der Waals surface area contributed by atoms with E-state index in [-0.39, 0.29) is 25.9 Å². The lowest BCUT2D eigenvalue weighted by Gasteiger charge is -2.40. The Morgan fingerprint density at radius 3 is 1.15 bits per heavy atom. The summed E-state index contributed by atoms with van der Waals surface area (Å²) < 4.78 is 28.5. The molecule has 12 heteroatoms. The number of rotatable bonds is 53. The van der Waals surface area contributed by atoms with Crippen molar-refractivity contribution in [2.24, 2.45) is 0 Å². The van der Waals surface area contributed by atoms with Crippen LogP contribution in [0, 0.1) is 0 Å². The zero-order valence-electron chi connectivity index (χ0n) is 49.8. The molecule has 0 aromatic heterocycles. The van der Waals surface area contributed by atoms with E-state index < -0.39 is 67.3 Å². The number of carboxylic acids is 1. The molecule has 0 aromatic carbocycles. The Balaban J connectivity index is 2.70. The minimum atomic E-state index is -1.91. The van der Waals surface area contributed by atoms with Gasteiger partial charge < -0.3 is 39.0 Å². The number of carboxylic acid groups (broad SMARTS) is 1. The highest BCUT2D eigenvalue weighted by molar-refractivity contribution is 5.74. The van der Waals surface area contributed by atoms with Crippen LogP contribution in [0.25, 0.3) is 0 Å². The molecule has 0 bridgehead atoms. The third-order valence-electron chi connectivity index (χ3n) is 13.9. The normalized spacial score (nSPS) is 18.4. The van der Waals surface area contributed by atoms with Crippen molar-refractivity contribution in [1.29, 1.82) is 0 Å². The second-order valence-corrected chi connectivity index (χ2v) is 21.3. The molecule has 0 aliphatic carbocycles. The molecular weight excluding hydrogens is 997 g/mol. The second kappa shape index (κ2) is 54.5. The Bertz CT molecular complexity index is 1700. The van der Waals surface area contributed by atoms with Gasteiger partial charge >= 0.3 is 23.9 Å². The summed E-state index contributed by atoms with van der Waals surface area (Å²) >= 11 is 0. The lowest BCUT2D eigenvalue weighted by atomic mass is 9.98. The largest absolute Gasteiger partial charge is 0.479 e. The van der Waals surface area contributed by atoms with Gasteiger partial charge in [-0.1, -0.05) is 209 Å². The molecule has 0 saturated carbocycles. The Kier molecular flexibility index (Phi) is 50.3. The van der Waals surface area contributed by atoms with Crippen LogP contribution in [-0.4, -0.2) is 89.2 Å². The molecular formula is C67H112O12. The van der Waals surface area contributed by atoms with Gasteiger partial charge in [0.15, 0.2) is 24.6 Å². The Labute approximate surface area is 480 Å². The number of aliphatic carboxylic acids is 1. The van der Waals surface area contributed by atoms with Crippen molar-refractivity contribution in [3.05, 3.63) is 85.1 Å². The van der Waals surface area contributed by atoms with Crippen molar-refractivity contribution < 1.29 is 58.2 Å². The summed E-state index contributed by atoms with van der Waals surface area (Å²) in [7, 11) is 0. The van der Waals surface area contributed by atoms with Crippen LogP contribution in [-0.2, 0) is 42.9 Å². The summed E-state index contributed by atoms with van der Waals surface area (Å²) in [5.41, 5.74) is 0. The Morgan fingerprint density at radius 2 is 0.759 bits per heavy atom. The second-order valence-electron chi connectivity index (χ2n) is 21.3. The molecule has 0 spiro atoms. The van der Waals surface area contributed by atoms with Gasteiger partial charge in [0.25, 0.3) is 0 Å². The molecule has 0 aromatic rings. The fourth-order valence-electron chi connectivity index (χ4n) is 9.02. The van der Waals surface area contributed by atoms with Crippen molar-refractivity contribution in [3.8, 4) is 0 Å². The highest BCUT2D eigenvalue weighted by Gasteiger charge is 2.50. The van der Waals surface area contributed by atoms with Gasteiger partial charge in [0.1, 0.15) is 18.8 Å². The number of hydrogen-bond acceptors (Lipinski definition) is 11. The number of esters is 3. The number of unbranched alkanes of at least 4 members (excludes halogenated alkanes) is 25. The maximum atomic E-state index is 13.2. The van der Waals surface area contributed by atoms with Crippen LogP contribution >= 0.6 is 0 Å². The molecule has 0 radical (unpaired) electrons. The van der Waals surface area contributed by atoms with Gasteiger partial charge in [-0.15, -0.1) is 0 Å². The zero-order valence-corrected chi connectivity index (χ0v) is 49.8. The summed E-state index contributed by atoms with van der Waals surface area (Å²) in [6.07, 6.45) is 58.2. The van der Waals surface area contributed by atoms with Crippen LogP contribution in [0.3, 0.4) is 0 Å². The minimum absolute atomic E-state index is 0.0388. The number of ether oxygens (including phenoxy) is 5. The fraction of sp³-hybridized carbons (Fsp3) is 0.731. The Morgan fingerprint density at radius 1 is 0.418 bits per heavy atom. The van der Waals surface area contributed by atoms with E-state index in [1.165, 1.54) is 64.2 Å². The van der Waals surface area contributed by atoms with E-state index in [1.807, 2.05) is 0 Å². The SMILES string of the molecule is CCCCC/C=C\C/C=C\C/C=C\CCCCCCCCC(=O)OCC(COC1OC(C(=O)O)C(O)C(O)C1OC(=O)CCCCCCC/C=C\C/C=C\CCCCC)OC(=O)CCCCCCC/C=C\C/C=C\CCCCC. The van der Waals surface area contributed by atoms with E-state index in [0.29, 0.717) is 19.3 Å². The molecule has 452 valence electrons. The maximum absolute atomic E-state index is 13.2. The predicted octanol–water partition coefficient (Wildman–Crippen LogP) is 16.7. The fourth-order valence-corrected chi connectivity index (χ4v) is 9.02. The van der Waals surface area contributed by atoms with E-state index in [1.54, 1.807) is 0 Å². The number of hydrogen-bond donors (Lipinski definition) is 3. The van der Waals surface area contributed by atoms with Crippen LogP contribution in [0.1, 0.15) is 265 Å². The molecule has 6 atom stereocenters. The smallest absolute Gasteiger partial charge is 0.335 e. The standard InChI is InChI=1S/C67H112O12/c1-4-7-10-13-16-19-22-25-28-29-30-31-34-35-38-41-44-47-50-53-59(68)75-56-58(77-60(69)54-51-48-45-42-39-36-32-26-23-20-17-14-11-8-5-2)57-76-67-65(63(72)62(71)64(79-67)66(73)74)78-61(70)55-52-49-46-43-40-37-33-27-24-21-18-15-12-9-6-3/h16-21,25-28,30-33,58,62-65,67,71-72H,4-15,22-24,29,34-57H2,1-3H3,(H,73,74)/b19-16-,20-17-,21-18-,28-25-,31-30-,32-26-,33-27-. The lowest BCUT2D eigenvalue weighted by molar-refractivity contribution is -0.301. The predicted molar refractivity (Wildman–Crippen MR) is 321 cm³/mol. The van der Waals surface area contributed by atoms with E-state index >= 15 is 0 Å². The van der Waals surface area contributed by atoms with Crippen LogP contribution in [0.4, 0.5) is 0 Å². The molecule has 1 rings (SSSR count). The topological polar surface area (TPSA) is 175 Å². The van der Waals surface area contributed by atoms with Crippen molar-refractivity contribution >= 4 is 23.9 Å². The first-order chi connectivity index (χ1) is 38.6. The molecule has 6 unspecified atom stereocenters. The average molecular weight is 1110 g/mol. The van der Waals surface area contributed by atoms with Crippen molar-refractivity contribution in [1.82, 2.24) is 0 Å². The number of allylic oxidation sites excluding steroid dienone is 14.